The number of fused-ring (bicyclic) bond motifs is 1. The highest BCUT2D eigenvalue weighted by molar-refractivity contribution is 6.09. The van der Waals surface area contributed by atoms with Crippen molar-refractivity contribution in [3.05, 3.63) is 70.8 Å². The molecule has 3 aromatic rings. The highest BCUT2D eigenvalue weighted by Crippen LogP contribution is 2.33. The van der Waals surface area contributed by atoms with Gasteiger partial charge in [0.15, 0.2) is 5.69 Å². The van der Waals surface area contributed by atoms with Crippen molar-refractivity contribution in [2.24, 2.45) is 0 Å². The Labute approximate surface area is 208 Å². The van der Waals surface area contributed by atoms with Crippen LogP contribution in [0.2, 0.25) is 0 Å². The maximum absolute atomic E-state index is 14.0. The molecule has 2 aromatic carbocycles. The van der Waals surface area contributed by atoms with Crippen LogP contribution in [0, 0.1) is 12.7 Å². The van der Waals surface area contributed by atoms with Crippen molar-refractivity contribution in [3.63, 3.8) is 0 Å². The average Bonchev–Trinajstić information content (AvgIpc) is 3.26. The molecule has 1 aromatic heterocycles. The van der Waals surface area contributed by atoms with Gasteiger partial charge in [-0.2, -0.15) is 5.10 Å². The summed E-state index contributed by atoms with van der Waals surface area (Å²) in [6.07, 6.45) is 2.80. The zero-order valence-corrected chi connectivity index (χ0v) is 20.3. The van der Waals surface area contributed by atoms with E-state index in [9.17, 15) is 18.8 Å². The van der Waals surface area contributed by atoms with Gasteiger partial charge in [-0.1, -0.05) is 6.07 Å². The van der Waals surface area contributed by atoms with Gasteiger partial charge in [-0.3, -0.25) is 9.59 Å². The zero-order valence-electron chi connectivity index (χ0n) is 20.3. The van der Waals surface area contributed by atoms with Gasteiger partial charge in [0.1, 0.15) is 11.5 Å². The zero-order chi connectivity index (χ0) is 25.4. The number of hydrogen-bond acceptors (Lipinski definition) is 5. The molecule has 0 bridgehead atoms. The number of ether oxygens (including phenoxy) is 1. The van der Waals surface area contributed by atoms with Crippen LogP contribution >= 0.6 is 0 Å². The van der Waals surface area contributed by atoms with Crippen LogP contribution in [-0.4, -0.2) is 47.3 Å². The highest BCUT2D eigenvalue weighted by Gasteiger charge is 2.36. The third-order valence-electron chi connectivity index (χ3n) is 6.64. The second-order valence-corrected chi connectivity index (χ2v) is 8.97. The van der Waals surface area contributed by atoms with Crippen molar-refractivity contribution in [1.82, 2.24) is 9.78 Å². The lowest BCUT2D eigenvalue weighted by Gasteiger charge is -2.31. The minimum Gasteiger partial charge on any atom is -0.461 e. The maximum atomic E-state index is 14.0. The van der Waals surface area contributed by atoms with Crippen LogP contribution in [-0.2, 0) is 16.0 Å². The normalized spacial score (nSPS) is 15.8. The number of hydrogen-bond donors (Lipinski definition) is 0. The van der Waals surface area contributed by atoms with Gasteiger partial charge < -0.3 is 14.5 Å². The standard InChI is InChI=1S/C27H27FN4O4/c1-3-36-27(35)24-21-12-14-31(26(34)25(21)32(29-24)20-8-6-7-18(28)16-20)22-11-10-19(15-17(22)2)30-13-5-4-9-23(30)33/h6-8,10-11,15-16H,3-5,9,12-14H2,1-2H3. The van der Waals surface area contributed by atoms with E-state index in [0.717, 1.165) is 24.1 Å². The van der Waals surface area contributed by atoms with Gasteiger partial charge in [0.25, 0.3) is 5.91 Å². The van der Waals surface area contributed by atoms with Gasteiger partial charge in [0.05, 0.1) is 12.3 Å². The van der Waals surface area contributed by atoms with Crippen LogP contribution in [0.1, 0.15) is 58.3 Å². The predicted molar refractivity (Wildman–Crippen MR) is 132 cm³/mol. The Morgan fingerprint density at radius 3 is 2.58 bits per heavy atom. The Kier molecular flexibility index (Phi) is 6.30. The molecule has 3 heterocycles. The number of halogens is 1. The summed E-state index contributed by atoms with van der Waals surface area (Å²) in [5, 5.41) is 4.39. The van der Waals surface area contributed by atoms with Gasteiger partial charge >= 0.3 is 5.97 Å². The molecule has 1 fully saturated rings. The molecule has 36 heavy (non-hydrogen) atoms. The molecule has 186 valence electrons. The quantitative estimate of drug-likeness (QED) is 0.500. The fraction of sp³-hybridized carbons (Fsp3) is 0.333. The van der Waals surface area contributed by atoms with Gasteiger partial charge in [0.2, 0.25) is 5.91 Å². The fourth-order valence-electron chi connectivity index (χ4n) is 4.94. The molecule has 8 nitrogen and oxygen atoms in total. The molecule has 1 saturated heterocycles. The number of piperidine rings is 1. The molecule has 2 aliphatic heterocycles. The summed E-state index contributed by atoms with van der Waals surface area (Å²) >= 11 is 0. The minimum absolute atomic E-state index is 0.0693. The first kappa shape index (κ1) is 23.7. The number of esters is 1. The van der Waals surface area contributed by atoms with E-state index < -0.39 is 11.8 Å². The van der Waals surface area contributed by atoms with E-state index >= 15 is 0 Å². The van der Waals surface area contributed by atoms with Crippen molar-refractivity contribution in [2.75, 3.05) is 29.5 Å². The van der Waals surface area contributed by atoms with E-state index in [1.807, 2.05) is 25.1 Å². The van der Waals surface area contributed by atoms with Crippen molar-refractivity contribution in [3.8, 4) is 5.69 Å². The summed E-state index contributed by atoms with van der Waals surface area (Å²) in [5.41, 5.74) is 3.50. The van der Waals surface area contributed by atoms with Gasteiger partial charge in [-0.15, -0.1) is 0 Å². The maximum Gasteiger partial charge on any atom is 0.359 e. The first-order chi connectivity index (χ1) is 17.4. The number of nitrogens with zero attached hydrogens (tertiary/aromatic N) is 4. The number of aromatic nitrogens is 2. The Hall–Kier alpha value is -4.01. The van der Waals surface area contributed by atoms with Gasteiger partial charge in [0, 0.05) is 36.4 Å². The van der Waals surface area contributed by atoms with E-state index in [0.29, 0.717) is 42.9 Å². The third kappa shape index (κ3) is 4.14. The number of anilines is 2. The van der Waals surface area contributed by atoms with E-state index in [-0.39, 0.29) is 29.8 Å². The van der Waals surface area contributed by atoms with Crippen LogP contribution in [0.3, 0.4) is 0 Å². The number of rotatable bonds is 5. The Bertz CT molecular complexity index is 1370. The molecule has 2 amide bonds. The largest absolute Gasteiger partial charge is 0.461 e. The van der Waals surface area contributed by atoms with Crippen LogP contribution in [0.25, 0.3) is 5.69 Å². The fourth-order valence-corrected chi connectivity index (χ4v) is 4.94. The van der Waals surface area contributed by atoms with Crippen LogP contribution in [0.4, 0.5) is 15.8 Å². The van der Waals surface area contributed by atoms with Crippen molar-refractivity contribution in [1.29, 1.82) is 0 Å². The molecule has 0 N–H and O–H groups in total. The SMILES string of the molecule is CCOC(=O)c1nn(-c2cccc(F)c2)c2c1CCN(c1ccc(N3CCCCC3=O)cc1C)C2=O. The summed E-state index contributed by atoms with van der Waals surface area (Å²) < 4.78 is 20.5. The Balaban J connectivity index is 1.54. The number of benzene rings is 2. The topological polar surface area (TPSA) is 84.7 Å². The molecule has 0 saturated carbocycles. The smallest absolute Gasteiger partial charge is 0.359 e. The number of amides is 2. The van der Waals surface area contributed by atoms with Crippen molar-refractivity contribution < 1.29 is 23.5 Å². The molecular weight excluding hydrogens is 463 g/mol. The van der Waals surface area contributed by atoms with Crippen LogP contribution < -0.4 is 9.80 Å². The second kappa shape index (κ2) is 9.56. The summed E-state index contributed by atoms with van der Waals surface area (Å²) in [7, 11) is 0. The Morgan fingerprint density at radius 2 is 1.86 bits per heavy atom. The Morgan fingerprint density at radius 1 is 1.03 bits per heavy atom. The van der Waals surface area contributed by atoms with Gasteiger partial charge in [-0.25, -0.2) is 13.9 Å². The van der Waals surface area contributed by atoms with E-state index in [1.54, 1.807) is 22.8 Å². The molecule has 5 rings (SSSR count). The summed E-state index contributed by atoms with van der Waals surface area (Å²) in [6, 6.07) is 11.4. The number of carbonyl (C=O) groups is 3. The monoisotopic (exact) mass is 490 g/mol. The molecule has 0 radical (unpaired) electrons. The van der Waals surface area contributed by atoms with Gasteiger partial charge in [-0.05, 0) is 75.1 Å². The molecule has 0 spiro atoms. The van der Waals surface area contributed by atoms with Crippen LogP contribution in [0.5, 0.6) is 0 Å². The van der Waals surface area contributed by atoms with E-state index in [2.05, 4.69) is 5.10 Å². The first-order valence-electron chi connectivity index (χ1n) is 12.2. The second-order valence-electron chi connectivity index (χ2n) is 8.97. The molecular formula is C27H27FN4O4. The van der Waals surface area contributed by atoms with Crippen LogP contribution in [0.15, 0.2) is 42.5 Å². The molecule has 0 unspecified atom stereocenters. The number of carbonyl (C=O) groups excluding carboxylic acids is 3. The summed E-state index contributed by atoms with van der Waals surface area (Å²) in [5.74, 6) is -1.32. The first-order valence-corrected chi connectivity index (χ1v) is 12.2. The van der Waals surface area contributed by atoms with Crippen molar-refractivity contribution in [2.45, 2.75) is 39.5 Å². The molecule has 2 aliphatic rings. The minimum atomic E-state index is -0.614. The lowest BCUT2D eigenvalue weighted by Crippen LogP contribution is -2.39. The molecule has 0 atom stereocenters. The average molecular weight is 491 g/mol. The van der Waals surface area contributed by atoms with Crippen molar-refractivity contribution >= 4 is 29.2 Å². The number of aryl methyl sites for hydroxylation is 1. The van der Waals surface area contributed by atoms with E-state index in [4.69, 9.17) is 4.74 Å². The molecule has 0 aliphatic carbocycles. The predicted octanol–water partition coefficient (Wildman–Crippen LogP) is 4.22. The third-order valence-corrected chi connectivity index (χ3v) is 6.64. The lowest BCUT2D eigenvalue weighted by atomic mass is 10.0. The molecule has 9 heteroatoms. The highest BCUT2D eigenvalue weighted by atomic mass is 19.1. The summed E-state index contributed by atoms with van der Waals surface area (Å²) in [6.45, 7) is 4.81. The summed E-state index contributed by atoms with van der Waals surface area (Å²) in [4.78, 5) is 42.3. The lowest BCUT2D eigenvalue weighted by molar-refractivity contribution is -0.119. The van der Waals surface area contributed by atoms with E-state index in [1.165, 1.54) is 22.9 Å².